The molecule has 7 heteroatoms. The van der Waals surface area contributed by atoms with Gasteiger partial charge < -0.3 is 15.2 Å². The summed E-state index contributed by atoms with van der Waals surface area (Å²) >= 11 is 3.43. The fourth-order valence-corrected chi connectivity index (χ4v) is 2.38. The maximum Gasteiger partial charge on any atom is 0.342 e. The van der Waals surface area contributed by atoms with Gasteiger partial charge >= 0.3 is 5.97 Å². The molecule has 1 aromatic heterocycles. The largest absolute Gasteiger partial charge is 0.496 e. The van der Waals surface area contributed by atoms with E-state index in [0.29, 0.717) is 17.0 Å². The molecule has 112 valence electrons. The topological polar surface area (TPSA) is 79.4 Å². The number of ether oxygens (including phenoxy) is 2. The number of aryl methyl sites for hydroxylation is 2. The summed E-state index contributed by atoms with van der Waals surface area (Å²) < 4.78 is 13.0. The molecule has 0 aliphatic carbocycles. The molecule has 2 rings (SSSR count). The third kappa shape index (κ3) is 3.18. The predicted octanol–water partition coefficient (Wildman–Crippen LogP) is 2.44. The highest BCUT2D eigenvalue weighted by Gasteiger charge is 2.17. The average molecular weight is 354 g/mol. The zero-order valence-corrected chi connectivity index (χ0v) is 13.6. The molecule has 0 saturated carbocycles. The zero-order valence-electron chi connectivity index (χ0n) is 12.0. The van der Waals surface area contributed by atoms with Crippen molar-refractivity contribution in [2.75, 3.05) is 12.8 Å². The number of nitrogen functional groups attached to an aromatic ring is 1. The van der Waals surface area contributed by atoms with Gasteiger partial charge in [-0.3, -0.25) is 4.68 Å². The minimum Gasteiger partial charge on any atom is -0.496 e. The Bertz CT molecular complexity index is 682. The van der Waals surface area contributed by atoms with Gasteiger partial charge in [-0.25, -0.2) is 4.79 Å². The standard InChI is InChI=1S/C14H16BrN3O3/c1-8-13(15)11(18(2)17-8)7-21-14(19)10-5-4-9(16)6-12(10)20-3/h4-6H,7,16H2,1-3H3. The van der Waals surface area contributed by atoms with Gasteiger partial charge in [0, 0.05) is 18.8 Å². The summed E-state index contributed by atoms with van der Waals surface area (Å²) in [5.41, 5.74) is 8.15. The Kier molecular flexibility index (Phi) is 4.52. The van der Waals surface area contributed by atoms with Crippen LogP contribution in [0.5, 0.6) is 5.75 Å². The first-order valence-corrected chi connectivity index (χ1v) is 7.02. The first-order valence-electron chi connectivity index (χ1n) is 6.22. The Balaban J connectivity index is 2.15. The molecule has 21 heavy (non-hydrogen) atoms. The van der Waals surface area contributed by atoms with Crippen molar-refractivity contribution < 1.29 is 14.3 Å². The van der Waals surface area contributed by atoms with E-state index in [4.69, 9.17) is 15.2 Å². The van der Waals surface area contributed by atoms with Crippen molar-refractivity contribution >= 4 is 27.6 Å². The first kappa shape index (κ1) is 15.4. The molecule has 0 atom stereocenters. The number of nitrogens with two attached hydrogens (primary N) is 1. The van der Waals surface area contributed by atoms with Crippen LogP contribution in [0.25, 0.3) is 0 Å². The van der Waals surface area contributed by atoms with E-state index in [0.717, 1.165) is 15.9 Å². The van der Waals surface area contributed by atoms with E-state index in [1.807, 2.05) is 6.92 Å². The van der Waals surface area contributed by atoms with E-state index in [2.05, 4.69) is 21.0 Å². The number of carbonyl (C=O) groups is 1. The van der Waals surface area contributed by atoms with Gasteiger partial charge in [0.1, 0.15) is 17.9 Å². The molecular weight excluding hydrogens is 338 g/mol. The van der Waals surface area contributed by atoms with E-state index < -0.39 is 5.97 Å². The molecule has 0 aliphatic rings. The van der Waals surface area contributed by atoms with Crippen molar-refractivity contribution in [3.8, 4) is 5.75 Å². The molecule has 2 N–H and O–H groups in total. The van der Waals surface area contributed by atoms with Crippen LogP contribution in [0.2, 0.25) is 0 Å². The number of methoxy groups -OCH3 is 1. The maximum absolute atomic E-state index is 12.2. The number of aromatic nitrogens is 2. The molecule has 0 fully saturated rings. The first-order chi connectivity index (χ1) is 9.93. The lowest BCUT2D eigenvalue weighted by atomic mass is 10.2. The number of halogens is 1. The van der Waals surface area contributed by atoms with Gasteiger partial charge in [-0.05, 0) is 35.0 Å². The number of nitrogens with zero attached hydrogens (tertiary/aromatic N) is 2. The molecule has 0 bridgehead atoms. The van der Waals surface area contributed by atoms with Gasteiger partial charge in [-0.1, -0.05) is 0 Å². The van der Waals surface area contributed by atoms with Crippen molar-refractivity contribution in [2.45, 2.75) is 13.5 Å². The molecule has 1 aromatic carbocycles. The molecule has 0 saturated heterocycles. The number of esters is 1. The van der Waals surface area contributed by atoms with Gasteiger partial charge in [-0.15, -0.1) is 0 Å². The molecule has 6 nitrogen and oxygen atoms in total. The highest BCUT2D eigenvalue weighted by atomic mass is 79.9. The number of hydrogen-bond donors (Lipinski definition) is 1. The van der Waals surface area contributed by atoms with Crippen LogP contribution in [-0.4, -0.2) is 22.9 Å². The predicted molar refractivity (Wildman–Crippen MR) is 82.2 cm³/mol. The van der Waals surface area contributed by atoms with Crippen LogP contribution in [-0.2, 0) is 18.4 Å². The highest BCUT2D eigenvalue weighted by Crippen LogP contribution is 2.24. The van der Waals surface area contributed by atoms with Gasteiger partial charge in [0.05, 0.1) is 23.0 Å². The second-order valence-electron chi connectivity index (χ2n) is 4.51. The van der Waals surface area contributed by atoms with Crippen LogP contribution < -0.4 is 10.5 Å². The lowest BCUT2D eigenvalue weighted by Gasteiger charge is -2.10. The van der Waals surface area contributed by atoms with Crippen LogP contribution in [0.4, 0.5) is 5.69 Å². The van der Waals surface area contributed by atoms with Crippen LogP contribution in [0.1, 0.15) is 21.7 Å². The molecule has 1 heterocycles. The summed E-state index contributed by atoms with van der Waals surface area (Å²) in [6.07, 6.45) is 0. The van der Waals surface area contributed by atoms with Gasteiger partial charge in [0.25, 0.3) is 0 Å². The van der Waals surface area contributed by atoms with Gasteiger partial charge in [0.15, 0.2) is 0 Å². The molecule has 0 radical (unpaired) electrons. The minimum absolute atomic E-state index is 0.115. The number of benzene rings is 1. The second kappa shape index (κ2) is 6.17. The van der Waals surface area contributed by atoms with E-state index >= 15 is 0 Å². The van der Waals surface area contributed by atoms with Crippen molar-refractivity contribution in [2.24, 2.45) is 7.05 Å². The minimum atomic E-state index is -0.474. The van der Waals surface area contributed by atoms with Crippen molar-refractivity contribution in [1.82, 2.24) is 9.78 Å². The van der Waals surface area contributed by atoms with Crippen LogP contribution in [0.15, 0.2) is 22.7 Å². The summed E-state index contributed by atoms with van der Waals surface area (Å²) in [4.78, 5) is 12.2. The molecule has 2 aromatic rings. The van der Waals surface area contributed by atoms with E-state index in [1.165, 1.54) is 7.11 Å². The fourth-order valence-electron chi connectivity index (χ4n) is 1.93. The Labute approximate surface area is 131 Å². The summed E-state index contributed by atoms with van der Waals surface area (Å²) in [5.74, 6) is -0.0853. The molecule has 0 spiro atoms. The van der Waals surface area contributed by atoms with Crippen LogP contribution in [0, 0.1) is 6.92 Å². The van der Waals surface area contributed by atoms with Crippen molar-refractivity contribution in [1.29, 1.82) is 0 Å². The number of anilines is 1. The summed E-state index contributed by atoms with van der Waals surface area (Å²) in [6.45, 7) is 1.99. The van der Waals surface area contributed by atoms with E-state index in [1.54, 1.807) is 29.9 Å². The number of carbonyl (C=O) groups excluding carboxylic acids is 1. The number of rotatable bonds is 4. The zero-order chi connectivity index (χ0) is 15.6. The molecule has 0 amide bonds. The normalized spacial score (nSPS) is 10.5. The third-order valence-corrected chi connectivity index (χ3v) is 4.08. The van der Waals surface area contributed by atoms with Gasteiger partial charge in [0.2, 0.25) is 0 Å². The molecular formula is C14H16BrN3O3. The lowest BCUT2D eigenvalue weighted by Crippen LogP contribution is -2.10. The Hall–Kier alpha value is -2.02. The fraction of sp³-hybridized carbons (Fsp3) is 0.286. The van der Waals surface area contributed by atoms with Crippen molar-refractivity contribution in [3.05, 3.63) is 39.6 Å². The van der Waals surface area contributed by atoms with Gasteiger partial charge in [-0.2, -0.15) is 5.10 Å². The Morgan fingerprint density at radius 2 is 2.19 bits per heavy atom. The maximum atomic E-state index is 12.2. The van der Waals surface area contributed by atoms with Crippen LogP contribution in [0.3, 0.4) is 0 Å². The average Bonchev–Trinajstić information content (AvgIpc) is 2.69. The lowest BCUT2D eigenvalue weighted by molar-refractivity contribution is 0.0459. The second-order valence-corrected chi connectivity index (χ2v) is 5.30. The Morgan fingerprint density at radius 3 is 2.76 bits per heavy atom. The third-order valence-electron chi connectivity index (χ3n) is 3.05. The summed E-state index contributed by atoms with van der Waals surface area (Å²) in [5, 5.41) is 4.24. The van der Waals surface area contributed by atoms with E-state index in [9.17, 15) is 4.79 Å². The van der Waals surface area contributed by atoms with E-state index in [-0.39, 0.29) is 6.61 Å². The summed E-state index contributed by atoms with van der Waals surface area (Å²) in [6, 6.07) is 4.80. The molecule has 0 aliphatic heterocycles. The highest BCUT2D eigenvalue weighted by molar-refractivity contribution is 9.10. The SMILES string of the molecule is COc1cc(N)ccc1C(=O)OCc1c(Br)c(C)nn1C. The molecule has 0 unspecified atom stereocenters. The Morgan fingerprint density at radius 1 is 1.48 bits per heavy atom. The smallest absolute Gasteiger partial charge is 0.342 e. The van der Waals surface area contributed by atoms with Crippen molar-refractivity contribution in [3.63, 3.8) is 0 Å². The number of hydrogen-bond acceptors (Lipinski definition) is 5. The monoisotopic (exact) mass is 353 g/mol. The quantitative estimate of drug-likeness (QED) is 0.674. The van der Waals surface area contributed by atoms with Crippen LogP contribution >= 0.6 is 15.9 Å². The summed E-state index contributed by atoms with van der Waals surface area (Å²) in [7, 11) is 3.28.